The molecule has 3 nitrogen and oxygen atoms in total. The van der Waals surface area contributed by atoms with Crippen molar-refractivity contribution in [3.63, 3.8) is 0 Å². The Hall–Kier alpha value is -0.570. The molecule has 0 spiro atoms. The van der Waals surface area contributed by atoms with Gasteiger partial charge in [-0.2, -0.15) is 0 Å². The Balaban J connectivity index is 2.63. The first-order chi connectivity index (χ1) is 9.24. The summed E-state index contributed by atoms with van der Waals surface area (Å²) in [6.45, 7) is 5.66. The summed E-state index contributed by atoms with van der Waals surface area (Å²) in [7, 11) is 0. The van der Waals surface area contributed by atoms with Gasteiger partial charge in [-0.05, 0) is 25.7 Å². The lowest BCUT2D eigenvalue weighted by Gasteiger charge is -2.36. The third-order valence-corrected chi connectivity index (χ3v) is 4.42. The average molecular weight is 268 g/mol. The molecule has 0 aromatic heterocycles. The van der Waals surface area contributed by atoms with Gasteiger partial charge in [0, 0.05) is 25.0 Å². The van der Waals surface area contributed by atoms with Gasteiger partial charge in [-0.15, -0.1) is 0 Å². The number of rotatable bonds is 8. The summed E-state index contributed by atoms with van der Waals surface area (Å²) in [5, 5.41) is 0. The van der Waals surface area contributed by atoms with E-state index in [4.69, 9.17) is 5.73 Å². The van der Waals surface area contributed by atoms with E-state index in [2.05, 4.69) is 18.7 Å². The monoisotopic (exact) mass is 268 g/mol. The van der Waals surface area contributed by atoms with E-state index < -0.39 is 0 Å². The maximum Gasteiger partial charge on any atom is 0.225 e. The summed E-state index contributed by atoms with van der Waals surface area (Å²) < 4.78 is 0. The van der Waals surface area contributed by atoms with Gasteiger partial charge in [0.05, 0.1) is 0 Å². The molecule has 1 unspecified atom stereocenters. The maximum absolute atomic E-state index is 12.7. The van der Waals surface area contributed by atoms with Gasteiger partial charge in [0.15, 0.2) is 0 Å². The highest BCUT2D eigenvalue weighted by molar-refractivity contribution is 5.79. The van der Waals surface area contributed by atoms with Gasteiger partial charge < -0.3 is 10.6 Å². The molecule has 0 bridgehead atoms. The molecule has 0 radical (unpaired) electrons. The van der Waals surface area contributed by atoms with E-state index in [1.54, 1.807) is 0 Å². The standard InChI is InChI=1S/C16H32N2O/c1-3-5-9-14(4-2)16(19)18(13-12-17)15-10-7-6-8-11-15/h14-15H,3-13,17H2,1-2H3. The summed E-state index contributed by atoms with van der Waals surface area (Å²) in [6, 6.07) is 0.459. The molecule has 1 aliphatic carbocycles. The Bertz CT molecular complexity index is 249. The highest BCUT2D eigenvalue weighted by Gasteiger charge is 2.28. The minimum Gasteiger partial charge on any atom is -0.338 e. The molecule has 0 saturated heterocycles. The number of amides is 1. The second kappa shape index (κ2) is 9.35. The van der Waals surface area contributed by atoms with Crippen LogP contribution in [0, 0.1) is 5.92 Å². The first kappa shape index (κ1) is 16.5. The van der Waals surface area contributed by atoms with Gasteiger partial charge in [0.1, 0.15) is 0 Å². The van der Waals surface area contributed by atoms with Crippen molar-refractivity contribution in [3.8, 4) is 0 Å². The van der Waals surface area contributed by atoms with Crippen molar-refractivity contribution >= 4 is 5.91 Å². The van der Waals surface area contributed by atoms with Crippen LogP contribution >= 0.6 is 0 Å². The first-order valence-electron chi connectivity index (χ1n) is 8.25. The van der Waals surface area contributed by atoms with E-state index >= 15 is 0 Å². The van der Waals surface area contributed by atoms with E-state index in [0.29, 0.717) is 18.5 Å². The number of hydrogen-bond donors (Lipinski definition) is 1. The summed E-state index contributed by atoms with van der Waals surface area (Å²) in [5.41, 5.74) is 5.72. The lowest BCUT2D eigenvalue weighted by atomic mass is 9.91. The zero-order chi connectivity index (χ0) is 14.1. The molecule has 1 rings (SSSR count). The van der Waals surface area contributed by atoms with E-state index in [-0.39, 0.29) is 5.92 Å². The van der Waals surface area contributed by atoms with Gasteiger partial charge in [-0.1, -0.05) is 46.0 Å². The number of hydrogen-bond acceptors (Lipinski definition) is 2. The molecule has 19 heavy (non-hydrogen) atoms. The van der Waals surface area contributed by atoms with Crippen molar-refractivity contribution < 1.29 is 4.79 Å². The van der Waals surface area contributed by atoms with Crippen LogP contribution in [0.1, 0.15) is 71.6 Å². The zero-order valence-corrected chi connectivity index (χ0v) is 12.9. The number of unbranched alkanes of at least 4 members (excludes halogenated alkanes) is 1. The molecule has 0 aromatic carbocycles. The van der Waals surface area contributed by atoms with E-state index in [0.717, 1.165) is 25.8 Å². The van der Waals surface area contributed by atoms with Crippen LogP contribution in [0.2, 0.25) is 0 Å². The van der Waals surface area contributed by atoms with Crippen molar-refractivity contribution in [3.05, 3.63) is 0 Å². The number of carbonyl (C=O) groups excluding carboxylic acids is 1. The minimum absolute atomic E-state index is 0.216. The molecule has 1 saturated carbocycles. The van der Waals surface area contributed by atoms with E-state index in [9.17, 15) is 4.79 Å². The average Bonchev–Trinajstić information content (AvgIpc) is 2.46. The molecule has 1 amide bonds. The predicted octanol–water partition coefficient (Wildman–Crippen LogP) is 3.32. The molecule has 0 aromatic rings. The second-order valence-corrected chi connectivity index (χ2v) is 5.86. The molecule has 2 N–H and O–H groups in total. The Kier molecular flexibility index (Phi) is 8.11. The van der Waals surface area contributed by atoms with Crippen molar-refractivity contribution in [2.45, 2.75) is 77.7 Å². The fraction of sp³-hybridized carbons (Fsp3) is 0.938. The van der Waals surface area contributed by atoms with Crippen LogP contribution in [0.15, 0.2) is 0 Å². The van der Waals surface area contributed by atoms with Crippen LogP contribution in [-0.4, -0.2) is 29.9 Å². The van der Waals surface area contributed by atoms with Crippen molar-refractivity contribution in [2.75, 3.05) is 13.1 Å². The molecule has 1 aliphatic rings. The predicted molar refractivity (Wildman–Crippen MR) is 80.9 cm³/mol. The van der Waals surface area contributed by atoms with Gasteiger partial charge in [-0.3, -0.25) is 4.79 Å². The van der Waals surface area contributed by atoms with E-state index in [1.807, 2.05) is 0 Å². The molecular weight excluding hydrogens is 236 g/mol. The van der Waals surface area contributed by atoms with Gasteiger partial charge >= 0.3 is 0 Å². The summed E-state index contributed by atoms with van der Waals surface area (Å²) in [5.74, 6) is 0.585. The Labute approximate surface area is 118 Å². The van der Waals surface area contributed by atoms with Crippen molar-refractivity contribution in [1.82, 2.24) is 4.90 Å². The Morgan fingerprint density at radius 3 is 2.47 bits per heavy atom. The van der Waals surface area contributed by atoms with Crippen molar-refractivity contribution in [1.29, 1.82) is 0 Å². The quantitative estimate of drug-likeness (QED) is 0.734. The largest absolute Gasteiger partial charge is 0.338 e. The van der Waals surface area contributed by atoms with Crippen LogP contribution in [0.25, 0.3) is 0 Å². The van der Waals surface area contributed by atoms with Crippen LogP contribution in [-0.2, 0) is 4.79 Å². The molecule has 0 heterocycles. The summed E-state index contributed by atoms with van der Waals surface area (Å²) in [6.07, 6.45) is 10.6. The molecule has 1 fully saturated rings. The van der Waals surface area contributed by atoms with Gasteiger partial charge in [-0.25, -0.2) is 0 Å². The number of carbonyl (C=O) groups is 1. The van der Waals surface area contributed by atoms with Gasteiger partial charge in [0.25, 0.3) is 0 Å². The fourth-order valence-electron chi connectivity index (χ4n) is 3.19. The van der Waals surface area contributed by atoms with Crippen LogP contribution in [0.5, 0.6) is 0 Å². The number of nitrogens with two attached hydrogens (primary N) is 1. The SMILES string of the molecule is CCCCC(CC)C(=O)N(CCN)C1CCCCC1. The van der Waals surface area contributed by atoms with Crippen LogP contribution in [0.4, 0.5) is 0 Å². The minimum atomic E-state index is 0.216. The summed E-state index contributed by atoms with van der Waals surface area (Å²) in [4.78, 5) is 14.9. The van der Waals surface area contributed by atoms with Crippen LogP contribution in [0.3, 0.4) is 0 Å². The lowest BCUT2D eigenvalue weighted by Crippen LogP contribution is -2.46. The highest BCUT2D eigenvalue weighted by atomic mass is 16.2. The Morgan fingerprint density at radius 2 is 1.95 bits per heavy atom. The first-order valence-corrected chi connectivity index (χ1v) is 8.25. The molecule has 3 heteroatoms. The summed E-state index contributed by atoms with van der Waals surface area (Å²) >= 11 is 0. The molecule has 0 aliphatic heterocycles. The third kappa shape index (κ3) is 5.13. The normalized spacial score (nSPS) is 18.3. The maximum atomic E-state index is 12.7. The van der Waals surface area contributed by atoms with E-state index in [1.165, 1.54) is 38.5 Å². The second-order valence-electron chi connectivity index (χ2n) is 5.86. The third-order valence-electron chi connectivity index (χ3n) is 4.42. The highest BCUT2D eigenvalue weighted by Crippen LogP contribution is 2.25. The fourth-order valence-corrected chi connectivity index (χ4v) is 3.19. The zero-order valence-electron chi connectivity index (χ0n) is 12.9. The smallest absolute Gasteiger partial charge is 0.225 e. The molecule has 112 valence electrons. The molecule has 1 atom stereocenters. The van der Waals surface area contributed by atoms with Gasteiger partial charge in [0.2, 0.25) is 5.91 Å². The topological polar surface area (TPSA) is 46.3 Å². The van der Waals surface area contributed by atoms with Crippen LogP contribution < -0.4 is 5.73 Å². The molecular formula is C16H32N2O. The number of nitrogens with zero attached hydrogens (tertiary/aromatic N) is 1. The lowest BCUT2D eigenvalue weighted by molar-refractivity contribution is -0.138. The Morgan fingerprint density at radius 1 is 1.26 bits per heavy atom. The van der Waals surface area contributed by atoms with Crippen molar-refractivity contribution in [2.24, 2.45) is 11.7 Å².